The van der Waals surface area contributed by atoms with Crippen molar-refractivity contribution in [3.05, 3.63) is 11.6 Å². The van der Waals surface area contributed by atoms with E-state index in [1.54, 1.807) is 6.08 Å². The molecule has 5 nitrogen and oxygen atoms in total. The van der Waals surface area contributed by atoms with Crippen LogP contribution in [0.25, 0.3) is 0 Å². The molecule has 2 aliphatic rings. The zero-order chi connectivity index (χ0) is 18.0. The van der Waals surface area contributed by atoms with Gasteiger partial charge in [-0.05, 0) is 31.9 Å². The van der Waals surface area contributed by atoms with Crippen LogP contribution < -0.4 is 0 Å². The van der Waals surface area contributed by atoms with Gasteiger partial charge in [0.05, 0.1) is 0 Å². The third kappa shape index (κ3) is 4.77. The molecule has 0 bridgehead atoms. The third-order valence-corrected chi connectivity index (χ3v) is 6.64. The molecule has 24 heavy (non-hydrogen) atoms. The minimum atomic E-state index is -1.12. The van der Waals surface area contributed by atoms with Crippen molar-refractivity contribution in [2.45, 2.75) is 70.5 Å². The van der Waals surface area contributed by atoms with Gasteiger partial charge in [0, 0.05) is 33.9 Å². The Balaban J connectivity index is 1.96. The van der Waals surface area contributed by atoms with Gasteiger partial charge in [0.25, 0.3) is 0 Å². The molecule has 0 aromatic carbocycles. The molecule has 1 saturated carbocycles. The molecule has 0 N–H and O–H groups in total. The molecule has 1 fully saturated rings. The van der Waals surface area contributed by atoms with Crippen LogP contribution in [0.4, 0.5) is 0 Å². The van der Waals surface area contributed by atoms with Crippen molar-refractivity contribution in [3.8, 4) is 0 Å². The van der Waals surface area contributed by atoms with E-state index >= 15 is 0 Å². The molecular weight excluding hydrogens is 324 g/mol. The van der Waals surface area contributed by atoms with Gasteiger partial charge in [-0.3, -0.25) is 9.59 Å². The summed E-state index contributed by atoms with van der Waals surface area (Å²) in [7, 11) is -1.12. The average molecular weight is 355 g/mol. The molecular formula is C18H30O5Si. The fraction of sp³-hybridized carbons (Fsp3) is 0.778. The highest BCUT2D eigenvalue weighted by Crippen LogP contribution is 2.46. The molecule has 0 radical (unpaired) electrons. The molecule has 0 heterocycles. The predicted molar refractivity (Wildman–Crippen MR) is 94.4 cm³/mol. The van der Waals surface area contributed by atoms with E-state index in [2.05, 4.69) is 19.6 Å². The molecule has 0 amide bonds. The first kappa shape index (κ1) is 19.3. The maximum Gasteiger partial charge on any atom is 0.303 e. The van der Waals surface area contributed by atoms with Crippen molar-refractivity contribution in [2.75, 3.05) is 13.4 Å². The molecule has 0 aromatic rings. The molecule has 0 unspecified atom stereocenters. The maximum absolute atomic E-state index is 11.8. The molecule has 2 aliphatic carbocycles. The second-order valence-corrected chi connectivity index (χ2v) is 13.9. The lowest BCUT2D eigenvalue weighted by molar-refractivity contribution is -0.205. The lowest BCUT2D eigenvalue weighted by atomic mass is 9.72. The van der Waals surface area contributed by atoms with Gasteiger partial charge < -0.3 is 14.2 Å². The quantitative estimate of drug-likeness (QED) is 0.304. The van der Waals surface area contributed by atoms with Crippen LogP contribution in [0.5, 0.6) is 0 Å². The summed E-state index contributed by atoms with van der Waals surface area (Å²) in [5.74, 6) is -0.304. The van der Waals surface area contributed by atoms with Crippen LogP contribution in [0.15, 0.2) is 11.6 Å². The van der Waals surface area contributed by atoms with Crippen molar-refractivity contribution < 1.29 is 23.8 Å². The Hall–Kier alpha value is -0.983. The average Bonchev–Trinajstić information content (AvgIpc) is 2.81. The lowest BCUT2D eigenvalue weighted by Gasteiger charge is -2.45. The van der Waals surface area contributed by atoms with E-state index in [4.69, 9.17) is 14.2 Å². The van der Waals surface area contributed by atoms with E-state index in [0.717, 1.165) is 24.5 Å². The molecule has 0 spiro atoms. The lowest BCUT2D eigenvalue weighted by Crippen LogP contribution is -2.53. The van der Waals surface area contributed by atoms with Crippen LogP contribution in [0.1, 0.15) is 33.1 Å². The first-order valence-electron chi connectivity index (χ1n) is 8.74. The first-order valence-corrected chi connectivity index (χ1v) is 12.4. The van der Waals surface area contributed by atoms with E-state index in [1.165, 1.54) is 6.92 Å². The zero-order valence-corrected chi connectivity index (χ0v) is 16.5. The van der Waals surface area contributed by atoms with Crippen LogP contribution in [0, 0.1) is 5.92 Å². The largest absolute Gasteiger partial charge is 0.456 e. The minimum Gasteiger partial charge on any atom is -0.456 e. The summed E-state index contributed by atoms with van der Waals surface area (Å²) in [5.41, 5.74) is 0.285. The fourth-order valence-electron chi connectivity index (χ4n) is 3.59. The van der Waals surface area contributed by atoms with Gasteiger partial charge in [-0.25, -0.2) is 0 Å². The van der Waals surface area contributed by atoms with E-state index in [9.17, 15) is 9.59 Å². The molecule has 0 saturated heterocycles. The molecule has 0 aromatic heterocycles. The molecule has 6 heteroatoms. The number of allylic oxidation sites excluding steroid dienone is 1. The second-order valence-electron chi connectivity index (χ2n) is 8.25. The molecule has 2 rings (SSSR count). The van der Waals surface area contributed by atoms with Gasteiger partial charge >= 0.3 is 5.97 Å². The Bertz CT molecular complexity index is 522. The van der Waals surface area contributed by atoms with Crippen molar-refractivity contribution in [1.82, 2.24) is 0 Å². The van der Waals surface area contributed by atoms with Crippen molar-refractivity contribution in [3.63, 3.8) is 0 Å². The van der Waals surface area contributed by atoms with E-state index in [0.29, 0.717) is 13.0 Å². The summed E-state index contributed by atoms with van der Waals surface area (Å²) in [5, 5.41) is 0. The van der Waals surface area contributed by atoms with Gasteiger partial charge in [0.2, 0.25) is 0 Å². The number of carbonyl (C=O) groups excluding carboxylic acids is 2. The molecule has 0 aliphatic heterocycles. The first-order chi connectivity index (χ1) is 11.1. The van der Waals surface area contributed by atoms with Gasteiger partial charge in [0.1, 0.15) is 18.5 Å². The standard InChI is InChI=1S/C18H30O5Si/c1-13(19)23-18(2)16-11-15(20)10-14(16)6-7-17(18)22-12-21-8-9-24(3,4)5/h10,16-17H,6-9,11-12H2,1-5H3/t16-,17+,18+/m1/s1. The highest BCUT2D eigenvalue weighted by atomic mass is 28.3. The number of esters is 1. The number of ether oxygens (including phenoxy) is 3. The second kappa shape index (κ2) is 7.50. The van der Waals surface area contributed by atoms with Crippen LogP contribution in [-0.4, -0.2) is 44.9 Å². The molecule has 3 atom stereocenters. The van der Waals surface area contributed by atoms with Gasteiger partial charge in [-0.15, -0.1) is 0 Å². The van der Waals surface area contributed by atoms with Crippen molar-refractivity contribution in [2.24, 2.45) is 5.92 Å². The number of hydrogen-bond acceptors (Lipinski definition) is 5. The normalized spacial score (nSPS) is 30.0. The third-order valence-electron chi connectivity index (χ3n) is 4.94. The van der Waals surface area contributed by atoms with Crippen molar-refractivity contribution in [1.29, 1.82) is 0 Å². The Labute approximate surface area is 145 Å². The van der Waals surface area contributed by atoms with Gasteiger partial charge in [-0.1, -0.05) is 25.2 Å². The number of ketones is 1. The Morgan fingerprint density at radius 1 is 1.38 bits per heavy atom. The molecule has 136 valence electrons. The Morgan fingerprint density at radius 3 is 2.71 bits per heavy atom. The summed E-state index contributed by atoms with van der Waals surface area (Å²) < 4.78 is 17.2. The summed E-state index contributed by atoms with van der Waals surface area (Å²) in [4.78, 5) is 23.4. The fourth-order valence-corrected chi connectivity index (χ4v) is 4.34. The summed E-state index contributed by atoms with van der Waals surface area (Å²) in [6.45, 7) is 11.1. The summed E-state index contributed by atoms with van der Waals surface area (Å²) >= 11 is 0. The van der Waals surface area contributed by atoms with Gasteiger partial charge in [-0.2, -0.15) is 0 Å². The predicted octanol–water partition coefficient (Wildman–Crippen LogP) is 3.31. The van der Waals surface area contributed by atoms with Crippen LogP contribution >= 0.6 is 0 Å². The van der Waals surface area contributed by atoms with E-state index in [-0.39, 0.29) is 30.6 Å². The van der Waals surface area contributed by atoms with Crippen LogP contribution in [0.3, 0.4) is 0 Å². The summed E-state index contributed by atoms with van der Waals surface area (Å²) in [6.07, 6.45) is 3.41. The number of carbonyl (C=O) groups is 2. The highest BCUT2D eigenvalue weighted by molar-refractivity contribution is 6.76. The maximum atomic E-state index is 11.8. The smallest absolute Gasteiger partial charge is 0.303 e. The topological polar surface area (TPSA) is 61.8 Å². The van der Waals surface area contributed by atoms with Crippen molar-refractivity contribution >= 4 is 19.8 Å². The summed E-state index contributed by atoms with van der Waals surface area (Å²) in [6, 6.07) is 1.09. The minimum absolute atomic E-state index is 0.0744. The van der Waals surface area contributed by atoms with Gasteiger partial charge in [0.15, 0.2) is 5.78 Å². The van der Waals surface area contributed by atoms with Crippen LogP contribution in [-0.2, 0) is 23.8 Å². The monoisotopic (exact) mass is 354 g/mol. The Kier molecular flexibility index (Phi) is 6.04. The van der Waals surface area contributed by atoms with Crippen LogP contribution in [0.2, 0.25) is 25.7 Å². The van der Waals surface area contributed by atoms with E-state index < -0.39 is 13.7 Å². The van der Waals surface area contributed by atoms with E-state index in [1.807, 2.05) is 6.92 Å². The Morgan fingerprint density at radius 2 is 2.08 bits per heavy atom. The number of hydrogen-bond donors (Lipinski definition) is 0. The number of rotatable bonds is 7. The number of fused-ring (bicyclic) bond motifs is 1. The zero-order valence-electron chi connectivity index (χ0n) is 15.5. The highest BCUT2D eigenvalue weighted by Gasteiger charge is 2.52. The SMILES string of the molecule is CC(=O)O[C@]1(C)[C@@H](OCOCC[Si](C)(C)C)CCC2=CC(=O)C[C@H]21.